The van der Waals surface area contributed by atoms with E-state index in [-0.39, 0.29) is 18.1 Å². The van der Waals surface area contributed by atoms with Gasteiger partial charge in [0.2, 0.25) is 0 Å². The molecule has 0 amide bonds. The highest BCUT2D eigenvalue weighted by Gasteiger charge is 2.31. The van der Waals surface area contributed by atoms with Gasteiger partial charge in [-0.2, -0.15) is 0 Å². The Morgan fingerprint density at radius 3 is 2.67 bits per heavy atom. The average Bonchev–Trinajstić information content (AvgIpc) is 2.50. The Morgan fingerprint density at radius 2 is 2.13 bits per heavy atom. The summed E-state index contributed by atoms with van der Waals surface area (Å²) in [6.45, 7) is 8.15. The van der Waals surface area contributed by atoms with Crippen LogP contribution in [0.5, 0.6) is 0 Å². The summed E-state index contributed by atoms with van der Waals surface area (Å²) in [5.74, 6) is 1.39. The number of carbonyl (C=O) groups is 1. The van der Waals surface area contributed by atoms with Gasteiger partial charge in [0, 0.05) is 5.75 Å². The molecule has 1 aliphatic rings. The van der Waals surface area contributed by atoms with E-state index in [1.165, 1.54) is 0 Å². The number of hydrogen-bond acceptors (Lipinski definition) is 4. The van der Waals surface area contributed by atoms with Gasteiger partial charge in [-0.15, -0.1) is 11.8 Å². The Morgan fingerprint density at radius 1 is 1.47 bits per heavy atom. The number of nitrogens with one attached hydrogen (secondary N) is 1. The van der Waals surface area contributed by atoms with Crippen molar-refractivity contribution >= 4 is 17.7 Å². The Bertz CT molecular complexity index is 219. The third kappa shape index (κ3) is 4.43. The van der Waals surface area contributed by atoms with E-state index in [2.05, 4.69) is 19.2 Å². The average molecular weight is 231 g/mol. The number of ether oxygens (including phenoxy) is 1. The molecule has 88 valence electrons. The van der Waals surface area contributed by atoms with Gasteiger partial charge in [0.1, 0.15) is 6.04 Å². The lowest BCUT2D eigenvalue weighted by Gasteiger charge is -2.15. The third-order valence-corrected chi connectivity index (χ3v) is 3.43. The fourth-order valence-electron chi connectivity index (χ4n) is 1.55. The van der Waals surface area contributed by atoms with Crippen LogP contribution in [0, 0.1) is 5.92 Å². The van der Waals surface area contributed by atoms with Gasteiger partial charge in [-0.05, 0) is 26.2 Å². The van der Waals surface area contributed by atoms with Crippen LogP contribution in [0.4, 0.5) is 0 Å². The number of carbonyl (C=O) groups excluding carboxylic acids is 1. The molecule has 2 unspecified atom stereocenters. The van der Waals surface area contributed by atoms with Crippen molar-refractivity contribution in [3.05, 3.63) is 0 Å². The maximum atomic E-state index is 11.6. The van der Waals surface area contributed by atoms with E-state index in [0.29, 0.717) is 11.3 Å². The highest BCUT2D eigenvalue weighted by molar-refractivity contribution is 8.00. The van der Waals surface area contributed by atoms with Crippen molar-refractivity contribution in [2.24, 2.45) is 5.92 Å². The predicted octanol–water partition coefficient (Wildman–Crippen LogP) is 2.02. The summed E-state index contributed by atoms with van der Waals surface area (Å²) in [6.07, 6.45) is 1.09. The van der Waals surface area contributed by atoms with Crippen LogP contribution in [0.3, 0.4) is 0 Å². The van der Waals surface area contributed by atoms with Gasteiger partial charge < -0.3 is 4.74 Å². The van der Waals surface area contributed by atoms with Gasteiger partial charge in [0.25, 0.3) is 0 Å². The van der Waals surface area contributed by atoms with Crippen molar-refractivity contribution in [2.45, 2.75) is 51.6 Å². The lowest BCUT2D eigenvalue weighted by Crippen LogP contribution is -2.39. The first-order valence-electron chi connectivity index (χ1n) is 5.57. The van der Waals surface area contributed by atoms with Gasteiger partial charge >= 0.3 is 5.97 Å². The standard InChI is InChI=1S/C11H21NO2S/c1-7(2)5-10-12-9(6-15-10)11(13)14-8(3)4/h7-10,12H,5-6H2,1-4H3. The van der Waals surface area contributed by atoms with Crippen LogP contribution in [-0.2, 0) is 9.53 Å². The fourth-order valence-corrected chi connectivity index (χ4v) is 2.99. The lowest BCUT2D eigenvalue weighted by molar-refractivity contribution is -0.149. The fraction of sp³-hybridized carbons (Fsp3) is 0.909. The quantitative estimate of drug-likeness (QED) is 0.751. The first-order chi connectivity index (χ1) is 6.99. The molecule has 1 N–H and O–H groups in total. The molecule has 1 saturated heterocycles. The monoisotopic (exact) mass is 231 g/mol. The van der Waals surface area contributed by atoms with E-state index in [1.54, 1.807) is 0 Å². The second-order valence-electron chi connectivity index (χ2n) is 4.66. The summed E-state index contributed by atoms with van der Waals surface area (Å²) in [5.41, 5.74) is 0. The summed E-state index contributed by atoms with van der Waals surface area (Å²) in [6, 6.07) is -0.110. The molecule has 0 aromatic heterocycles. The van der Waals surface area contributed by atoms with Crippen molar-refractivity contribution in [1.82, 2.24) is 5.32 Å². The summed E-state index contributed by atoms with van der Waals surface area (Å²) in [7, 11) is 0. The lowest BCUT2D eigenvalue weighted by atomic mass is 10.1. The molecule has 2 atom stereocenters. The van der Waals surface area contributed by atoms with Crippen molar-refractivity contribution in [2.75, 3.05) is 5.75 Å². The smallest absolute Gasteiger partial charge is 0.324 e. The second-order valence-corrected chi connectivity index (χ2v) is 5.89. The Labute approximate surface area is 96.3 Å². The molecule has 1 rings (SSSR count). The van der Waals surface area contributed by atoms with E-state index in [0.717, 1.165) is 12.2 Å². The zero-order valence-corrected chi connectivity index (χ0v) is 10.8. The van der Waals surface area contributed by atoms with Crippen LogP contribution in [0.2, 0.25) is 0 Å². The molecule has 0 aliphatic carbocycles. The topological polar surface area (TPSA) is 38.3 Å². The van der Waals surface area contributed by atoms with E-state index in [9.17, 15) is 4.79 Å². The van der Waals surface area contributed by atoms with Gasteiger partial charge in [0.05, 0.1) is 11.5 Å². The summed E-state index contributed by atoms with van der Waals surface area (Å²) < 4.78 is 5.17. The van der Waals surface area contributed by atoms with Crippen molar-refractivity contribution in [3.8, 4) is 0 Å². The zero-order chi connectivity index (χ0) is 11.4. The summed E-state index contributed by atoms with van der Waals surface area (Å²) in [4.78, 5) is 11.6. The maximum absolute atomic E-state index is 11.6. The molecule has 0 radical (unpaired) electrons. The molecule has 0 bridgehead atoms. The molecule has 0 spiro atoms. The Hall–Kier alpha value is -0.220. The Balaban J connectivity index is 2.32. The summed E-state index contributed by atoms with van der Waals surface area (Å²) in [5, 5.41) is 3.73. The zero-order valence-electron chi connectivity index (χ0n) is 9.95. The first-order valence-corrected chi connectivity index (χ1v) is 6.62. The van der Waals surface area contributed by atoms with E-state index in [4.69, 9.17) is 4.74 Å². The molecule has 1 fully saturated rings. The minimum Gasteiger partial charge on any atom is -0.462 e. The number of rotatable bonds is 4. The van der Waals surface area contributed by atoms with Crippen molar-refractivity contribution in [3.63, 3.8) is 0 Å². The summed E-state index contributed by atoms with van der Waals surface area (Å²) >= 11 is 1.82. The largest absolute Gasteiger partial charge is 0.462 e. The van der Waals surface area contributed by atoms with Crippen molar-refractivity contribution < 1.29 is 9.53 Å². The molecule has 1 aliphatic heterocycles. The molecular weight excluding hydrogens is 210 g/mol. The van der Waals surface area contributed by atoms with E-state index >= 15 is 0 Å². The molecule has 3 nitrogen and oxygen atoms in total. The van der Waals surface area contributed by atoms with Gasteiger partial charge in [-0.25, -0.2) is 0 Å². The van der Waals surface area contributed by atoms with E-state index < -0.39 is 0 Å². The second kappa shape index (κ2) is 5.75. The highest BCUT2D eigenvalue weighted by Crippen LogP contribution is 2.24. The molecule has 15 heavy (non-hydrogen) atoms. The predicted molar refractivity (Wildman–Crippen MR) is 63.9 cm³/mol. The van der Waals surface area contributed by atoms with E-state index in [1.807, 2.05) is 25.6 Å². The minimum atomic E-state index is -0.110. The molecule has 0 aromatic carbocycles. The van der Waals surface area contributed by atoms with Gasteiger partial charge in [-0.3, -0.25) is 10.1 Å². The van der Waals surface area contributed by atoms with Crippen LogP contribution in [-0.4, -0.2) is 29.2 Å². The van der Waals surface area contributed by atoms with Crippen LogP contribution in [0.15, 0.2) is 0 Å². The number of hydrogen-bond donors (Lipinski definition) is 1. The van der Waals surface area contributed by atoms with Crippen LogP contribution < -0.4 is 5.32 Å². The number of esters is 1. The molecule has 4 heteroatoms. The molecule has 0 saturated carbocycles. The maximum Gasteiger partial charge on any atom is 0.324 e. The highest BCUT2D eigenvalue weighted by atomic mass is 32.2. The first kappa shape index (κ1) is 12.8. The van der Waals surface area contributed by atoms with Gasteiger partial charge in [-0.1, -0.05) is 13.8 Å². The normalized spacial score (nSPS) is 26.3. The van der Waals surface area contributed by atoms with Crippen LogP contribution >= 0.6 is 11.8 Å². The SMILES string of the molecule is CC(C)CC1NC(C(=O)OC(C)C)CS1. The van der Waals surface area contributed by atoms with Gasteiger partial charge in [0.15, 0.2) is 0 Å². The number of thioether (sulfide) groups is 1. The minimum absolute atomic E-state index is 0.0200. The third-order valence-electron chi connectivity index (χ3n) is 2.17. The van der Waals surface area contributed by atoms with Crippen LogP contribution in [0.1, 0.15) is 34.1 Å². The molecule has 0 aromatic rings. The molecule has 1 heterocycles. The Kier molecular flexibility index (Phi) is 4.93. The van der Waals surface area contributed by atoms with Crippen molar-refractivity contribution in [1.29, 1.82) is 0 Å². The van der Waals surface area contributed by atoms with Crippen LogP contribution in [0.25, 0.3) is 0 Å². The molecular formula is C11H21NO2S.